The third kappa shape index (κ3) is 3.19. The first kappa shape index (κ1) is 18.4. The van der Waals surface area contributed by atoms with Crippen LogP contribution in [-0.2, 0) is 10.5 Å². The van der Waals surface area contributed by atoms with E-state index in [9.17, 15) is 19.2 Å². The van der Waals surface area contributed by atoms with Gasteiger partial charge in [-0.2, -0.15) is 5.26 Å². The Morgan fingerprint density at radius 2 is 2.14 bits per heavy atom. The van der Waals surface area contributed by atoms with Crippen molar-refractivity contribution in [2.75, 3.05) is 6.54 Å². The van der Waals surface area contributed by atoms with Gasteiger partial charge in [-0.15, -0.1) is 0 Å². The molecule has 1 N–H and O–H groups in total. The van der Waals surface area contributed by atoms with Crippen molar-refractivity contribution in [2.45, 2.75) is 44.4 Å². The number of likely N-dealkylation sites (tertiary alicyclic amines) is 1. The summed E-state index contributed by atoms with van der Waals surface area (Å²) in [6.07, 6.45) is 3.17. The van der Waals surface area contributed by atoms with E-state index in [0.717, 1.165) is 12.8 Å². The maximum Gasteiger partial charge on any atom is 0.252 e. The fraction of sp³-hybridized carbons (Fsp3) is 0.429. The number of nitriles is 1. The third-order valence-electron chi connectivity index (χ3n) is 5.61. The molecule has 1 saturated heterocycles. The van der Waals surface area contributed by atoms with E-state index in [-0.39, 0.29) is 18.5 Å². The van der Waals surface area contributed by atoms with Gasteiger partial charge in [0.1, 0.15) is 11.7 Å². The monoisotopic (exact) mass is 380 g/mol. The van der Waals surface area contributed by atoms with Crippen LogP contribution < -0.4 is 5.32 Å². The number of nitrogens with zero attached hydrogens (tertiary/aromatic N) is 3. The highest BCUT2D eigenvalue weighted by Gasteiger charge is 2.53. The van der Waals surface area contributed by atoms with Gasteiger partial charge in [0.25, 0.3) is 5.91 Å². The minimum Gasteiger partial charge on any atom is -0.343 e. The van der Waals surface area contributed by atoms with E-state index in [1.807, 2.05) is 0 Å². The van der Waals surface area contributed by atoms with Gasteiger partial charge in [-0.1, -0.05) is 6.07 Å². The second-order valence-corrected chi connectivity index (χ2v) is 7.99. The Morgan fingerprint density at radius 3 is 2.86 bits per heavy atom. The zero-order chi connectivity index (χ0) is 20.1. The Kier molecular flexibility index (Phi) is 4.30. The normalized spacial score (nSPS) is 23.2. The number of carbonyl (C=O) groups is 2. The number of halogens is 1. The van der Waals surface area contributed by atoms with Gasteiger partial charge in [-0.3, -0.25) is 14.6 Å². The van der Waals surface area contributed by atoms with Gasteiger partial charge in [-0.05, 0) is 56.4 Å². The summed E-state index contributed by atoms with van der Waals surface area (Å²) in [5.41, 5.74) is -0.175. The second kappa shape index (κ2) is 6.55. The molecular formula is C21H21FN4O2. The molecule has 2 fully saturated rings. The van der Waals surface area contributed by atoms with Crippen molar-refractivity contribution in [3.63, 3.8) is 0 Å². The van der Waals surface area contributed by atoms with E-state index < -0.39 is 17.6 Å². The quantitative estimate of drug-likeness (QED) is 0.884. The Hall–Kier alpha value is -3.01. The second-order valence-electron chi connectivity index (χ2n) is 7.99. The molecule has 1 aliphatic heterocycles. The molecule has 0 unspecified atom stereocenters. The van der Waals surface area contributed by atoms with Crippen LogP contribution in [0.2, 0.25) is 0 Å². The largest absolute Gasteiger partial charge is 0.343 e. The number of nitrogens with one attached hydrogen (secondary N) is 1. The lowest BCUT2D eigenvalue weighted by Gasteiger charge is -2.22. The molecule has 3 atom stereocenters. The fourth-order valence-corrected chi connectivity index (χ4v) is 3.99. The van der Waals surface area contributed by atoms with E-state index in [0.29, 0.717) is 27.9 Å². The van der Waals surface area contributed by atoms with Gasteiger partial charge >= 0.3 is 0 Å². The average Bonchev–Trinajstić information content (AvgIpc) is 3.33. The molecule has 7 heteroatoms. The van der Waals surface area contributed by atoms with Gasteiger partial charge in [0.15, 0.2) is 0 Å². The summed E-state index contributed by atoms with van der Waals surface area (Å²) < 4.78 is 14.3. The standard InChI is InChI=1S/C21H21FN4O2/c1-21(2,22)13-3-4-17-16(9-13)15(5-6-24-17)20(28)25-11-19(27)26-14(10-23)7-12-8-18(12)26/h3-6,9,12,14,18H,7-8,11H2,1-2H3,(H,25,28)/t12-,14+,18+/m1/s1. The number of carbonyl (C=O) groups excluding carboxylic acids is 2. The highest BCUT2D eigenvalue weighted by Crippen LogP contribution is 2.47. The molecule has 4 rings (SSSR count). The summed E-state index contributed by atoms with van der Waals surface area (Å²) in [6.45, 7) is 2.74. The van der Waals surface area contributed by atoms with E-state index in [4.69, 9.17) is 0 Å². The molecule has 1 aliphatic carbocycles. The number of aromatic nitrogens is 1. The summed E-state index contributed by atoms with van der Waals surface area (Å²) in [5, 5.41) is 12.4. The van der Waals surface area contributed by atoms with Crippen molar-refractivity contribution >= 4 is 22.7 Å². The minimum atomic E-state index is -1.55. The number of piperidine rings is 1. The average molecular weight is 380 g/mol. The highest BCUT2D eigenvalue weighted by atomic mass is 19.1. The molecular weight excluding hydrogens is 359 g/mol. The molecule has 0 bridgehead atoms. The van der Waals surface area contributed by atoms with Gasteiger partial charge in [0, 0.05) is 17.6 Å². The molecule has 1 aromatic heterocycles. The van der Waals surface area contributed by atoms with Crippen molar-refractivity contribution in [1.29, 1.82) is 5.26 Å². The first-order chi connectivity index (χ1) is 13.3. The lowest BCUT2D eigenvalue weighted by atomic mass is 9.96. The van der Waals surface area contributed by atoms with Crippen LogP contribution in [-0.4, -0.2) is 40.3 Å². The number of amides is 2. The first-order valence-electron chi connectivity index (χ1n) is 9.36. The van der Waals surface area contributed by atoms with Crippen LogP contribution in [0.3, 0.4) is 0 Å². The zero-order valence-electron chi connectivity index (χ0n) is 15.8. The molecule has 144 valence electrons. The van der Waals surface area contributed by atoms with Crippen molar-refractivity contribution in [3.8, 4) is 6.07 Å². The smallest absolute Gasteiger partial charge is 0.252 e. The Bertz CT molecular complexity index is 1010. The number of hydrogen-bond acceptors (Lipinski definition) is 4. The molecule has 6 nitrogen and oxygen atoms in total. The van der Waals surface area contributed by atoms with Crippen molar-refractivity contribution in [3.05, 3.63) is 41.6 Å². The predicted molar refractivity (Wildman–Crippen MR) is 101 cm³/mol. The number of benzene rings is 1. The number of pyridine rings is 1. The van der Waals surface area contributed by atoms with Gasteiger partial charge in [-0.25, -0.2) is 4.39 Å². The number of alkyl halides is 1. The summed E-state index contributed by atoms with van der Waals surface area (Å²) in [5.74, 6) is -0.237. The molecule has 0 spiro atoms. The lowest BCUT2D eigenvalue weighted by molar-refractivity contribution is -0.131. The number of fused-ring (bicyclic) bond motifs is 2. The Morgan fingerprint density at radius 1 is 1.36 bits per heavy atom. The van der Waals surface area contributed by atoms with E-state index in [1.165, 1.54) is 20.0 Å². The molecule has 2 aliphatic rings. The van der Waals surface area contributed by atoms with E-state index in [1.54, 1.807) is 29.2 Å². The minimum absolute atomic E-state index is 0.144. The topological polar surface area (TPSA) is 86.1 Å². The van der Waals surface area contributed by atoms with Gasteiger partial charge in [0.05, 0.1) is 23.7 Å². The van der Waals surface area contributed by atoms with Gasteiger partial charge in [0.2, 0.25) is 5.91 Å². The molecule has 1 saturated carbocycles. The van der Waals surface area contributed by atoms with Crippen LogP contribution in [0.5, 0.6) is 0 Å². The predicted octanol–water partition coefficient (Wildman–Crippen LogP) is 2.68. The molecule has 28 heavy (non-hydrogen) atoms. The molecule has 1 aromatic carbocycles. The van der Waals surface area contributed by atoms with Crippen LogP contribution in [0, 0.1) is 17.2 Å². The fourth-order valence-electron chi connectivity index (χ4n) is 3.99. The van der Waals surface area contributed by atoms with Crippen LogP contribution in [0.15, 0.2) is 30.5 Å². The molecule has 2 aromatic rings. The SMILES string of the molecule is CC(C)(F)c1ccc2nccc(C(=O)NCC(=O)N3[C@H](C#N)C[C@@H]4C[C@@H]43)c2c1. The summed E-state index contributed by atoms with van der Waals surface area (Å²) in [4.78, 5) is 31.1. The van der Waals surface area contributed by atoms with Gasteiger partial charge < -0.3 is 10.2 Å². The maximum atomic E-state index is 14.3. The number of hydrogen-bond donors (Lipinski definition) is 1. The Labute approximate surface area is 162 Å². The molecule has 2 amide bonds. The van der Waals surface area contributed by atoms with Crippen LogP contribution in [0.4, 0.5) is 4.39 Å². The lowest BCUT2D eigenvalue weighted by Crippen LogP contribution is -2.44. The van der Waals surface area contributed by atoms with Crippen LogP contribution >= 0.6 is 0 Å². The number of rotatable bonds is 4. The van der Waals surface area contributed by atoms with Crippen LogP contribution in [0.1, 0.15) is 42.6 Å². The first-order valence-corrected chi connectivity index (χ1v) is 9.36. The summed E-state index contributed by atoms with van der Waals surface area (Å²) in [7, 11) is 0. The van der Waals surface area contributed by atoms with Crippen molar-refractivity contribution < 1.29 is 14.0 Å². The zero-order valence-corrected chi connectivity index (χ0v) is 15.8. The molecule has 0 radical (unpaired) electrons. The highest BCUT2D eigenvalue weighted by molar-refractivity contribution is 6.07. The molecule has 2 heterocycles. The third-order valence-corrected chi connectivity index (χ3v) is 5.61. The van der Waals surface area contributed by atoms with Crippen molar-refractivity contribution in [1.82, 2.24) is 15.2 Å². The van der Waals surface area contributed by atoms with Crippen LogP contribution in [0.25, 0.3) is 10.9 Å². The van der Waals surface area contributed by atoms with E-state index >= 15 is 0 Å². The van der Waals surface area contributed by atoms with Crippen molar-refractivity contribution in [2.24, 2.45) is 5.92 Å². The summed E-state index contributed by atoms with van der Waals surface area (Å²) in [6, 6.07) is 8.43. The Balaban J connectivity index is 1.53. The van der Waals surface area contributed by atoms with E-state index in [2.05, 4.69) is 16.4 Å². The summed E-state index contributed by atoms with van der Waals surface area (Å²) >= 11 is 0. The maximum absolute atomic E-state index is 14.3.